The number of hydrogen-bond acceptors (Lipinski definition) is 3. The van der Waals surface area contributed by atoms with E-state index >= 15 is 0 Å². The van der Waals surface area contributed by atoms with Gasteiger partial charge in [0.1, 0.15) is 5.75 Å². The van der Waals surface area contributed by atoms with Gasteiger partial charge in [0.05, 0.1) is 11.6 Å². The van der Waals surface area contributed by atoms with Crippen molar-refractivity contribution in [3.63, 3.8) is 0 Å². The summed E-state index contributed by atoms with van der Waals surface area (Å²) in [6.07, 6.45) is 4.62. The van der Waals surface area contributed by atoms with Gasteiger partial charge < -0.3 is 15.8 Å². The quantitative estimate of drug-likeness (QED) is 0.690. The van der Waals surface area contributed by atoms with Crippen molar-refractivity contribution >= 4 is 39.9 Å². The highest BCUT2D eigenvalue weighted by Gasteiger charge is 2.05. The second kappa shape index (κ2) is 10.9. The monoisotopic (exact) mass is 364 g/mol. The number of ether oxygens (including phenoxy) is 1. The summed E-state index contributed by atoms with van der Waals surface area (Å²) in [4.78, 5) is 11.7. The lowest BCUT2D eigenvalue weighted by molar-refractivity contribution is -0.116. The van der Waals surface area contributed by atoms with Gasteiger partial charge in [0.25, 0.3) is 0 Å². The molecule has 1 rings (SSSR count). The Kier molecular flexibility index (Phi) is 10.5. The lowest BCUT2D eigenvalue weighted by Gasteiger charge is -2.08. The third kappa shape index (κ3) is 7.12. The molecule has 1 aromatic rings. The fourth-order valence-corrected chi connectivity index (χ4v) is 2.15. The minimum Gasteiger partial charge on any atom is -0.495 e. The van der Waals surface area contributed by atoms with Gasteiger partial charge in [-0.1, -0.05) is 12.8 Å². The smallest absolute Gasteiger partial charge is 0.224 e. The molecule has 0 aliphatic rings. The molecule has 20 heavy (non-hydrogen) atoms. The largest absolute Gasteiger partial charge is 0.495 e. The van der Waals surface area contributed by atoms with Crippen LogP contribution in [-0.2, 0) is 4.79 Å². The molecule has 1 amide bonds. The van der Waals surface area contributed by atoms with Gasteiger partial charge in [-0.3, -0.25) is 4.79 Å². The van der Waals surface area contributed by atoms with Crippen LogP contribution in [0.25, 0.3) is 0 Å². The molecule has 3 N–H and O–H groups in total. The number of carbonyl (C=O) groups excluding carboxylic acids is 1. The highest BCUT2D eigenvalue weighted by Crippen LogP contribution is 2.27. The number of nitrogens with one attached hydrogen (secondary N) is 1. The molecule has 0 unspecified atom stereocenters. The van der Waals surface area contributed by atoms with E-state index in [4.69, 9.17) is 10.5 Å². The van der Waals surface area contributed by atoms with E-state index in [1.165, 1.54) is 0 Å². The Hall–Kier alpha value is -0.780. The maximum Gasteiger partial charge on any atom is 0.224 e. The van der Waals surface area contributed by atoms with Crippen molar-refractivity contribution in [3.8, 4) is 5.75 Å². The number of unbranched alkanes of at least 4 members (excludes halogenated alkanes) is 3. The molecule has 6 heteroatoms. The molecule has 0 spiro atoms. The maximum absolute atomic E-state index is 11.7. The number of carbonyl (C=O) groups is 1. The van der Waals surface area contributed by atoms with Gasteiger partial charge in [-0.2, -0.15) is 0 Å². The number of methoxy groups -OCH3 is 1. The van der Waals surface area contributed by atoms with Gasteiger partial charge >= 0.3 is 0 Å². The first-order chi connectivity index (χ1) is 9.17. The van der Waals surface area contributed by atoms with Gasteiger partial charge in [-0.15, -0.1) is 12.4 Å². The van der Waals surface area contributed by atoms with Crippen LogP contribution in [0.4, 0.5) is 5.69 Å². The lowest BCUT2D eigenvalue weighted by atomic mass is 10.1. The molecule has 0 heterocycles. The van der Waals surface area contributed by atoms with Gasteiger partial charge in [0.2, 0.25) is 5.91 Å². The first-order valence-corrected chi connectivity index (χ1v) is 7.30. The van der Waals surface area contributed by atoms with Crippen LogP contribution in [0.15, 0.2) is 22.7 Å². The van der Waals surface area contributed by atoms with Crippen LogP contribution in [0.1, 0.15) is 32.1 Å². The average molecular weight is 366 g/mol. The van der Waals surface area contributed by atoms with Crippen LogP contribution < -0.4 is 15.8 Å². The van der Waals surface area contributed by atoms with Crippen molar-refractivity contribution in [2.75, 3.05) is 19.0 Å². The highest BCUT2D eigenvalue weighted by atomic mass is 79.9. The fourth-order valence-electron chi connectivity index (χ4n) is 1.74. The Morgan fingerprint density at radius 3 is 2.65 bits per heavy atom. The molecule has 0 aromatic heterocycles. The topological polar surface area (TPSA) is 64.3 Å². The van der Waals surface area contributed by atoms with Crippen molar-refractivity contribution < 1.29 is 9.53 Å². The predicted octanol–water partition coefficient (Wildman–Crippen LogP) is 3.73. The summed E-state index contributed by atoms with van der Waals surface area (Å²) in [5.41, 5.74) is 6.17. The molecule has 0 saturated carbocycles. The number of benzene rings is 1. The van der Waals surface area contributed by atoms with E-state index in [0.717, 1.165) is 42.4 Å². The molecule has 114 valence electrons. The molecule has 0 fully saturated rings. The lowest BCUT2D eigenvalue weighted by Crippen LogP contribution is -2.11. The number of hydrogen-bond donors (Lipinski definition) is 2. The third-order valence-corrected chi connectivity index (χ3v) is 3.45. The van der Waals surface area contributed by atoms with Crippen LogP contribution >= 0.6 is 28.3 Å². The van der Waals surface area contributed by atoms with E-state index in [2.05, 4.69) is 21.2 Å². The summed E-state index contributed by atoms with van der Waals surface area (Å²) < 4.78 is 6.05. The Morgan fingerprint density at radius 1 is 1.30 bits per heavy atom. The molecule has 0 aliphatic carbocycles. The SMILES string of the molecule is COc1cc(NC(=O)CCCCCCN)ccc1Br.Cl. The third-order valence-electron chi connectivity index (χ3n) is 2.79. The zero-order chi connectivity index (χ0) is 14.1. The Bertz CT molecular complexity index is 416. The van der Waals surface area contributed by atoms with Crippen molar-refractivity contribution in [3.05, 3.63) is 22.7 Å². The van der Waals surface area contributed by atoms with Crippen LogP contribution in [0, 0.1) is 0 Å². The maximum atomic E-state index is 11.7. The van der Waals surface area contributed by atoms with Crippen molar-refractivity contribution in [2.24, 2.45) is 5.73 Å². The summed E-state index contributed by atoms with van der Waals surface area (Å²) in [6, 6.07) is 5.50. The van der Waals surface area contributed by atoms with E-state index < -0.39 is 0 Å². The highest BCUT2D eigenvalue weighted by molar-refractivity contribution is 9.10. The molecule has 0 bridgehead atoms. The van der Waals surface area contributed by atoms with Gasteiger partial charge in [0.15, 0.2) is 0 Å². The first-order valence-electron chi connectivity index (χ1n) is 6.51. The summed E-state index contributed by atoms with van der Waals surface area (Å²) in [7, 11) is 1.60. The molecule has 0 radical (unpaired) electrons. The predicted molar refractivity (Wildman–Crippen MR) is 88.7 cm³/mol. The molecule has 0 atom stereocenters. The second-order valence-corrected chi connectivity index (χ2v) is 5.20. The van der Waals surface area contributed by atoms with Crippen LogP contribution in [0.5, 0.6) is 5.75 Å². The Morgan fingerprint density at radius 2 is 2.00 bits per heavy atom. The Labute approximate surface area is 135 Å². The Balaban J connectivity index is 0.00000361. The van der Waals surface area contributed by atoms with Gasteiger partial charge in [-0.25, -0.2) is 0 Å². The van der Waals surface area contributed by atoms with E-state index in [-0.39, 0.29) is 18.3 Å². The number of amides is 1. The number of nitrogens with two attached hydrogens (primary N) is 1. The zero-order valence-electron chi connectivity index (χ0n) is 11.7. The van der Waals surface area contributed by atoms with Gasteiger partial charge in [-0.05, 0) is 47.4 Å². The summed E-state index contributed by atoms with van der Waals surface area (Å²) >= 11 is 3.37. The molecular formula is C14H22BrClN2O2. The average Bonchev–Trinajstić information content (AvgIpc) is 2.40. The number of halogens is 2. The summed E-state index contributed by atoms with van der Waals surface area (Å²) in [6.45, 7) is 0.727. The molecular weight excluding hydrogens is 344 g/mol. The van der Waals surface area contributed by atoms with Gasteiger partial charge in [0, 0.05) is 18.2 Å². The number of anilines is 1. The second-order valence-electron chi connectivity index (χ2n) is 4.35. The van der Waals surface area contributed by atoms with E-state index in [0.29, 0.717) is 12.2 Å². The minimum atomic E-state index is 0. The molecule has 0 saturated heterocycles. The van der Waals surface area contributed by atoms with Crippen molar-refractivity contribution in [1.82, 2.24) is 0 Å². The molecule has 4 nitrogen and oxygen atoms in total. The minimum absolute atomic E-state index is 0. The zero-order valence-corrected chi connectivity index (χ0v) is 14.1. The van der Waals surface area contributed by atoms with E-state index in [1.807, 2.05) is 12.1 Å². The van der Waals surface area contributed by atoms with Crippen LogP contribution in [0.3, 0.4) is 0 Å². The van der Waals surface area contributed by atoms with Crippen molar-refractivity contribution in [2.45, 2.75) is 32.1 Å². The van der Waals surface area contributed by atoms with E-state index in [9.17, 15) is 4.79 Å². The molecule has 0 aliphatic heterocycles. The summed E-state index contributed by atoms with van der Waals surface area (Å²) in [5.74, 6) is 0.748. The van der Waals surface area contributed by atoms with Crippen molar-refractivity contribution in [1.29, 1.82) is 0 Å². The first kappa shape index (κ1) is 19.2. The summed E-state index contributed by atoms with van der Waals surface area (Å²) in [5, 5.41) is 2.87. The number of rotatable bonds is 8. The normalized spacial score (nSPS) is 9.75. The van der Waals surface area contributed by atoms with Crippen LogP contribution in [0.2, 0.25) is 0 Å². The van der Waals surface area contributed by atoms with Crippen LogP contribution in [-0.4, -0.2) is 19.6 Å². The fraction of sp³-hybridized carbons (Fsp3) is 0.500. The molecule has 1 aromatic carbocycles. The standard InChI is InChI=1S/C14H21BrN2O2.ClH/c1-19-13-10-11(7-8-12(13)15)17-14(18)6-4-2-3-5-9-16;/h7-8,10H,2-6,9,16H2,1H3,(H,17,18);1H. The van der Waals surface area contributed by atoms with E-state index in [1.54, 1.807) is 13.2 Å².